The maximum absolute atomic E-state index is 2.29. The van der Waals surface area contributed by atoms with Gasteiger partial charge < -0.3 is 11.4 Å². The summed E-state index contributed by atoms with van der Waals surface area (Å²) in [6, 6.07) is 10.7. The Morgan fingerprint density at radius 2 is 1.65 bits per heavy atom. The molecule has 0 amide bonds. The van der Waals surface area contributed by atoms with Crippen LogP contribution in [0.5, 0.6) is 0 Å². The van der Waals surface area contributed by atoms with Crippen LogP contribution in [0.1, 0.15) is 19.4 Å². The van der Waals surface area contributed by atoms with Crippen molar-refractivity contribution in [2.24, 2.45) is 0 Å². The molecule has 0 aromatic heterocycles. The maximum Gasteiger partial charge on any atom is 1.00 e. The zero-order valence-electron chi connectivity index (χ0n) is 10.4. The monoisotopic (exact) mass is 232 g/mol. The predicted octanol–water partition coefficient (Wildman–Crippen LogP) is 0.576. The Kier molecular flexibility index (Phi) is 3.63. The molecule has 2 heteroatoms. The SMILES string of the molecule is CC1=CC2=[S-]C(C)=C(c3ccccc3)C2=C1.[Li+]. The second-order valence-corrected chi connectivity index (χ2v) is 5.47. The van der Waals surface area contributed by atoms with Crippen molar-refractivity contribution in [1.29, 1.82) is 0 Å². The third-order valence-corrected chi connectivity index (χ3v) is 4.01. The van der Waals surface area contributed by atoms with Gasteiger partial charge in [0.2, 0.25) is 0 Å². The number of rotatable bonds is 1. The van der Waals surface area contributed by atoms with Gasteiger partial charge in [0.15, 0.2) is 0 Å². The molecule has 0 bridgehead atoms. The van der Waals surface area contributed by atoms with Crippen LogP contribution in [0.2, 0.25) is 0 Å². The average molecular weight is 232 g/mol. The Morgan fingerprint density at radius 1 is 0.941 bits per heavy atom. The summed E-state index contributed by atoms with van der Waals surface area (Å²) in [5.74, 6) is 0. The van der Waals surface area contributed by atoms with Crippen molar-refractivity contribution in [3.63, 3.8) is 0 Å². The van der Waals surface area contributed by atoms with Gasteiger partial charge in [0.25, 0.3) is 0 Å². The van der Waals surface area contributed by atoms with E-state index in [1.54, 1.807) is 0 Å². The van der Waals surface area contributed by atoms with Crippen LogP contribution in [0.25, 0.3) is 5.57 Å². The Bertz CT molecular complexity index is 574. The van der Waals surface area contributed by atoms with Crippen LogP contribution >= 0.6 is 0 Å². The number of benzene rings is 1. The molecular weight excluding hydrogens is 219 g/mol. The zero-order chi connectivity index (χ0) is 11.1. The molecule has 1 heterocycles. The van der Waals surface area contributed by atoms with E-state index in [1.165, 1.54) is 32.1 Å². The van der Waals surface area contributed by atoms with E-state index in [-0.39, 0.29) is 18.9 Å². The standard InChI is InChI=1S/C15H13S.Li/c1-10-8-13-14(9-10)16-11(2)15(13)12-6-4-3-5-7-12;/h3-9H,1-2H3;/q-1;+1. The van der Waals surface area contributed by atoms with Gasteiger partial charge in [0.05, 0.1) is 0 Å². The first kappa shape index (κ1) is 12.7. The second-order valence-electron chi connectivity index (χ2n) is 4.21. The van der Waals surface area contributed by atoms with Gasteiger partial charge >= 0.3 is 18.9 Å². The van der Waals surface area contributed by atoms with Gasteiger partial charge in [-0.25, -0.2) is 0 Å². The Hall–Kier alpha value is -0.743. The van der Waals surface area contributed by atoms with E-state index >= 15 is 0 Å². The van der Waals surface area contributed by atoms with E-state index in [1.807, 2.05) is 11.4 Å². The Balaban J connectivity index is 0.00000108. The number of fused-ring (bicyclic) bond motifs is 1. The van der Waals surface area contributed by atoms with Gasteiger partial charge in [-0.05, 0) is 23.6 Å². The minimum Gasteiger partial charge on any atom is -0.571 e. The molecule has 1 aliphatic heterocycles. The number of allylic oxidation sites excluding steroid dienone is 6. The summed E-state index contributed by atoms with van der Waals surface area (Å²) in [6.07, 6.45) is 4.57. The molecule has 0 radical (unpaired) electrons. The van der Waals surface area contributed by atoms with Crippen LogP contribution < -0.4 is 18.9 Å². The van der Waals surface area contributed by atoms with E-state index in [9.17, 15) is 0 Å². The molecule has 2 aliphatic rings. The van der Waals surface area contributed by atoms with E-state index in [0.717, 1.165) is 0 Å². The van der Waals surface area contributed by atoms with Crippen molar-refractivity contribution < 1.29 is 18.9 Å². The fourth-order valence-corrected chi connectivity index (χ4v) is 3.45. The molecular formula is C15H13LiS. The van der Waals surface area contributed by atoms with Gasteiger partial charge in [-0.3, -0.25) is 0 Å². The van der Waals surface area contributed by atoms with Crippen LogP contribution in [0.4, 0.5) is 0 Å². The molecule has 0 fully saturated rings. The average Bonchev–Trinajstić information content (AvgIpc) is 2.74. The summed E-state index contributed by atoms with van der Waals surface area (Å²) >= 11 is 1.89. The molecule has 17 heavy (non-hydrogen) atoms. The molecule has 0 nitrogen and oxygen atoms in total. The minimum atomic E-state index is 0. The molecule has 80 valence electrons. The Morgan fingerprint density at radius 3 is 2.35 bits per heavy atom. The molecule has 1 aliphatic carbocycles. The molecule has 1 aromatic rings. The summed E-state index contributed by atoms with van der Waals surface area (Å²) < 4.78 is 0. The smallest absolute Gasteiger partial charge is 0.571 e. The van der Waals surface area contributed by atoms with Crippen LogP contribution in [-0.2, 0) is 11.4 Å². The maximum atomic E-state index is 2.29. The molecule has 0 N–H and O–H groups in total. The van der Waals surface area contributed by atoms with Crippen LogP contribution in [0, 0.1) is 0 Å². The number of hydrogen-bond acceptors (Lipinski definition) is 1. The van der Waals surface area contributed by atoms with Crippen LogP contribution in [0.15, 0.2) is 58.5 Å². The van der Waals surface area contributed by atoms with E-state index < -0.39 is 0 Å². The van der Waals surface area contributed by atoms with Crippen LogP contribution in [-0.4, -0.2) is 4.86 Å². The molecule has 1 aromatic carbocycles. The summed E-state index contributed by atoms with van der Waals surface area (Å²) in [5.41, 5.74) is 5.51. The zero-order valence-corrected chi connectivity index (χ0v) is 11.3. The molecule has 3 rings (SSSR count). The quantitative estimate of drug-likeness (QED) is 0.377. The van der Waals surface area contributed by atoms with Crippen molar-refractivity contribution in [3.8, 4) is 0 Å². The van der Waals surface area contributed by atoms with Crippen molar-refractivity contribution in [2.45, 2.75) is 13.8 Å². The topological polar surface area (TPSA) is 0 Å². The first-order chi connectivity index (χ1) is 7.75. The fourth-order valence-electron chi connectivity index (χ4n) is 2.27. The van der Waals surface area contributed by atoms with Crippen molar-refractivity contribution in [3.05, 3.63) is 64.1 Å². The van der Waals surface area contributed by atoms with Gasteiger partial charge in [-0.2, -0.15) is 9.77 Å². The van der Waals surface area contributed by atoms with E-state index in [4.69, 9.17) is 0 Å². The van der Waals surface area contributed by atoms with Crippen molar-refractivity contribution >= 4 is 21.8 Å². The normalized spacial score (nSPS) is 17.6. The van der Waals surface area contributed by atoms with E-state index in [2.05, 4.69) is 56.3 Å². The van der Waals surface area contributed by atoms with Crippen LogP contribution in [0.3, 0.4) is 0 Å². The molecule has 0 atom stereocenters. The molecule has 0 saturated carbocycles. The van der Waals surface area contributed by atoms with Gasteiger partial charge in [0.1, 0.15) is 0 Å². The van der Waals surface area contributed by atoms with Gasteiger partial charge in [-0.15, -0.1) is 0 Å². The summed E-state index contributed by atoms with van der Waals surface area (Å²) in [6.45, 7) is 4.37. The number of hydrogen-bond donors (Lipinski definition) is 0. The minimum absolute atomic E-state index is 0. The summed E-state index contributed by atoms with van der Waals surface area (Å²) in [7, 11) is 0. The molecule has 0 spiro atoms. The van der Waals surface area contributed by atoms with Crippen molar-refractivity contribution in [2.75, 3.05) is 0 Å². The van der Waals surface area contributed by atoms with Gasteiger partial charge in [0, 0.05) is 0 Å². The first-order valence-corrected chi connectivity index (χ1v) is 6.29. The van der Waals surface area contributed by atoms with E-state index in [0.29, 0.717) is 0 Å². The largest absolute Gasteiger partial charge is 1.00 e. The molecule has 0 saturated heterocycles. The summed E-state index contributed by atoms with van der Waals surface area (Å²) in [5, 5.41) is 0. The first-order valence-electron chi connectivity index (χ1n) is 5.47. The van der Waals surface area contributed by atoms with Crippen molar-refractivity contribution in [1.82, 2.24) is 0 Å². The summed E-state index contributed by atoms with van der Waals surface area (Å²) in [4.78, 5) is 2.82. The Labute approximate surface area is 118 Å². The fraction of sp³-hybridized carbons (Fsp3) is 0.133. The van der Waals surface area contributed by atoms with Gasteiger partial charge in [-0.1, -0.05) is 55.0 Å². The predicted molar refractivity (Wildman–Crippen MR) is 73.2 cm³/mol. The molecule has 0 unspecified atom stereocenters. The second kappa shape index (κ2) is 4.86. The third-order valence-electron chi connectivity index (χ3n) is 2.94. The third kappa shape index (κ3) is 2.16.